The molecule has 1 aromatic heterocycles. The lowest BCUT2D eigenvalue weighted by atomic mass is 9.80. The number of nitro groups is 1. The molecule has 2 heterocycles. The van der Waals surface area contributed by atoms with Gasteiger partial charge in [0.1, 0.15) is 0 Å². The number of rotatable bonds is 10. The van der Waals surface area contributed by atoms with Gasteiger partial charge < -0.3 is 14.6 Å². The van der Waals surface area contributed by atoms with E-state index in [-0.39, 0.29) is 11.6 Å². The Hall–Kier alpha value is -4.31. The normalized spacial score (nSPS) is 17.4. The fourth-order valence-corrected chi connectivity index (χ4v) is 4.88. The molecule has 0 radical (unpaired) electrons. The molecular formula is C29H31N5O5. The zero-order valence-corrected chi connectivity index (χ0v) is 22.2. The molecule has 1 aliphatic heterocycles. The van der Waals surface area contributed by atoms with Gasteiger partial charge in [0.2, 0.25) is 0 Å². The van der Waals surface area contributed by atoms with Gasteiger partial charge in [0.15, 0.2) is 5.82 Å². The van der Waals surface area contributed by atoms with E-state index in [4.69, 9.17) is 9.26 Å². The van der Waals surface area contributed by atoms with Crippen molar-refractivity contribution in [1.29, 1.82) is 0 Å². The maximum Gasteiger partial charge on any atom is 0.336 e. The summed E-state index contributed by atoms with van der Waals surface area (Å²) in [6, 6.07) is 16.4. The molecule has 1 saturated carbocycles. The fourth-order valence-electron chi connectivity index (χ4n) is 4.88. The molecule has 2 aromatic carbocycles. The maximum absolute atomic E-state index is 13.4. The Labute approximate surface area is 226 Å². The maximum atomic E-state index is 13.4. The summed E-state index contributed by atoms with van der Waals surface area (Å²) in [6.07, 6.45) is 2.09. The summed E-state index contributed by atoms with van der Waals surface area (Å²) in [5.41, 5.74) is 3.96. The Morgan fingerprint density at radius 2 is 1.90 bits per heavy atom. The quantitative estimate of drug-likeness (QED) is 0.221. The lowest BCUT2D eigenvalue weighted by Gasteiger charge is -2.30. The third kappa shape index (κ3) is 6.06. The van der Waals surface area contributed by atoms with Crippen LogP contribution in [-0.4, -0.2) is 39.6 Å². The van der Waals surface area contributed by atoms with Crippen molar-refractivity contribution < 1.29 is 19.0 Å². The van der Waals surface area contributed by atoms with Crippen LogP contribution in [0.25, 0.3) is 5.57 Å². The summed E-state index contributed by atoms with van der Waals surface area (Å²) in [5.74, 6) is -0.0139. The van der Waals surface area contributed by atoms with Crippen molar-refractivity contribution >= 4 is 17.2 Å². The van der Waals surface area contributed by atoms with Crippen molar-refractivity contribution in [2.75, 3.05) is 13.7 Å². The minimum Gasteiger partial charge on any atom is -0.462 e. The largest absolute Gasteiger partial charge is 0.462 e. The van der Waals surface area contributed by atoms with Crippen LogP contribution in [0.3, 0.4) is 0 Å². The van der Waals surface area contributed by atoms with Gasteiger partial charge in [0.05, 0.1) is 29.6 Å². The van der Waals surface area contributed by atoms with E-state index in [1.165, 1.54) is 17.7 Å². The molecule has 1 aliphatic carbocycles. The van der Waals surface area contributed by atoms with Crippen LogP contribution >= 0.6 is 0 Å². The Bertz CT molecular complexity index is 1440. The predicted molar refractivity (Wildman–Crippen MR) is 144 cm³/mol. The van der Waals surface area contributed by atoms with E-state index in [9.17, 15) is 14.9 Å². The highest BCUT2D eigenvalue weighted by Gasteiger charge is 2.38. The number of hydrogen-bond donors (Lipinski definition) is 1. The number of carbonyl (C=O) groups excluding carboxylic acids is 1. The number of esters is 1. The monoisotopic (exact) mass is 529 g/mol. The topological polar surface area (TPSA) is 124 Å². The molecule has 1 fully saturated rings. The van der Waals surface area contributed by atoms with Crippen molar-refractivity contribution in [3.05, 3.63) is 105 Å². The molecular weight excluding hydrogens is 498 g/mol. The van der Waals surface area contributed by atoms with E-state index in [2.05, 4.69) is 32.5 Å². The second-order valence-electron chi connectivity index (χ2n) is 10.2. The number of hydrogen-bond acceptors (Lipinski definition) is 9. The van der Waals surface area contributed by atoms with Gasteiger partial charge in [-0.3, -0.25) is 15.0 Å². The number of nitro benzene ring substituents is 1. The summed E-state index contributed by atoms with van der Waals surface area (Å²) in [4.78, 5) is 31.3. The molecule has 1 N–H and O–H groups in total. The van der Waals surface area contributed by atoms with Gasteiger partial charge >= 0.3 is 5.97 Å². The second-order valence-corrected chi connectivity index (χ2v) is 10.2. The average Bonchev–Trinajstić information content (AvgIpc) is 3.64. The Morgan fingerprint density at radius 3 is 2.62 bits per heavy atom. The van der Waals surface area contributed by atoms with Crippen LogP contribution in [-0.2, 0) is 22.6 Å². The lowest BCUT2D eigenvalue weighted by Crippen LogP contribution is -2.29. The van der Waals surface area contributed by atoms with E-state index in [1.54, 1.807) is 19.1 Å². The van der Waals surface area contributed by atoms with Crippen molar-refractivity contribution in [3.63, 3.8) is 0 Å². The molecule has 10 heteroatoms. The van der Waals surface area contributed by atoms with Crippen LogP contribution in [0, 0.1) is 16.0 Å². The highest BCUT2D eigenvalue weighted by Crippen LogP contribution is 2.44. The highest BCUT2D eigenvalue weighted by atomic mass is 16.6. The summed E-state index contributed by atoms with van der Waals surface area (Å²) in [6.45, 7) is 5.18. The van der Waals surface area contributed by atoms with Gasteiger partial charge in [0, 0.05) is 35.6 Å². The summed E-state index contributed by atoms with van der Waals surface area (Å²) < 4.78 is 11.4. The van der Waals surface area contributed by atoms with E-state index in [0.717, 1.165) is 18.5 Å². The number of nitrogens with zero attached hydrogens (tertiary/aromatic N) is 4. The first kappa shape index (κ1) is 26.3. The van der Waals surface area contributed by atoms with Crippen molar-refractivity contribution in [3.8, 4) is 0 Å². The molecule has 10 nitrogen and oxygen atoms in total. The third-order valence-corrected chi connectivity index (χ3v) is 6.95. The first-order chi connectivity index (χ1) is 18.8. The summed E-state index contributed by atoms with van der Waals surface area (Å²) in [5, 5.41) is 19.1. The van der Waals surface area contributed by atoms with Gasteiger partial charge in [-0.1, -0.05) is 47.6 Å². The fraction of sp³-hybridized carbons (Fsp3) is 0.345. The van der Waals surface area contributed by atoms with E-state index >= 15 is 0 Å². The van der Waals surface area contributed by atoms with Crippen LogP contribution in [0.4, 0.5) is 5.69 Å². The van der Waals surface area contributed by atoms with E-state index in [0.29, 0.717) is 53.8 Å². The molecule has 0 saturated heterocycles. The predicted octanol–water partition coefficient (Wildman–Crippen LogP) is 4.96. The molecule has 1 atom stereocenters. The van der Waals surface area contributed by atoms with Crippen LogP contribution in [0.5, 0.6) is 0 Å². The van der Waals surface area contributed by atoms with E-state index in [1.807, 2.05) is 32.2 Å². The molecule has 1 unspecified atom stereocenters. The molecule has 0 amide bonds. The smallest absolute Gasteiger partial charge is 0.336 e. The first-order valence-corrected chi connectivity index (χ1v) is 13.0. The van der Waals surface area contributed by atoms with Gasteiger partial charge in [-0.25, -0.2) is 4.79 Å². The number of aromatic nitrogens is 2. The lowest BCUT2D eigenvalue weighted by molar-refractivity contribution is -0.384. The number of carbonyl (C=O) groups is 1. The van der Waals surface area contributed by atoms with Gasteiger partial charge in [-0.15, -0.1) is 0 Å². The first-order valence-electron chi connectivity index (χ1n) is 13.0. The Morgan fingerprint density at radius 1 is 1.13 bits per heavy atom. The van der Waals surface area contributed by atoms with Crippen LogP contribution in [0.1, 0.15) is 55.4 Å². The average molecular weight is 530 g/mol. The van der Waals surface area contributed by atoms with Crippen molar-refractivity contribution in [2.45, 2.75) is 45.7 Å². The Kier molecular flexibility index (Phi) is 7.56. The summed E-state index contributed by atoms with van der Waals surface area (Å²) >= 11 is 0. The third-order valence-electron chi connectivity index (χ3n) is 6.95. The van der Waals surface area contributed by atoms with Gasteiger partial charge in [-0.05, 0) is 50.8 Å². The number of dihydropyridines is 1. The van der Waals surface area contributed by atoms with E-state index < -0.39 is 16.8 Å². The standard InChI is InChI=1S/C29H31N5O5/c1-18-25(28-31-24(32-39-28)16-33(3)15-20-8-5-4-6-9-20)27(22-10-7-11-23(14-22)34(36)37)26(19(2)30-18)29(35)38-17-21-12-13-21/h4-11,14,21,27,30H,12-13,15-17H2,1-3H3. The van der Waals surface area contributed by atoms with Gasteiger partial charge in [-0.2, -0.15) is 4.98 Å². The number of nitrogens with one attached hydrogen (secondary N) is 1. The number of allylic oxidation sites excluding steroid dienone is 3. The van der Waals surface area contributed by atoms with Crippen molar-refractivity contribution in [2.24, 2.45) is 5.92 Å². The minimum absolute atomic E-state index is 0.0693. The number of non-ortho nitro benzene ring substituents is 1. The zero-order chi connectivity index (χ0) is 27.5. The second kappa shape index (κ2) is 11.2. The van der Waals surface area contributed by atoms with Crippen LogP contribution in [0.2, 0.25) is 0 Å². The molecule has 5 rings (SSSR count). The Balaban J connectivity index is 1.47. The van der Waals surface area contributed by atoms with Crippen LogP contribution < -0.4 is 5.32 Å². The zero-order valence-electron chi connectivity index (χ0n) is 22.2. The SMILES string of the molecule is CC1=C(C(=O)OCC2CC2)C(c2cccc([N+](=O)[O-])c2)C(c2nc(CN(C)Cc3ccccc3)no2)=C(C)N1. The van der Waals surface area contributed by atoms with Crippen LogP contribution in [0.15, 0.2) is 76.1 Å². The minimum atomic E-state index is -0.687. The van der Waals surface area contributed by atoms with Gasteiger partial charge in [0.25, 0.3) is 11.6 Å². The molecule has 0 spiro atoms. The summed E-state index contributed by atoms with van der Waals surface area (Å²) in [7, 11) is 1.97. The highest BCUT2D eigenvalue weighted by molar-refractivity contribution is 5.97. The molecule has 2 aliphatic rings. The number of ether oxygens (including phenoxy) is 1. The molecule has 39 heavy (non-hydrogen) atoms. The number of benzene rings is 2. The van der Waals surface area contributed by atoms with Crippen molar-refractivity contribution in [1.82, 2.24) is 20.4 Å². The molecule has 3 aromatic rings. The molecule has 202 valence electrons. The molecule has 0 bridgehead atoms.